The van der Waals surface area contributed by atoms with Crippen LogP contribution in [0.4, 0.5) is 0 Å². The molecular formula is C13H21NO. The lowest BCUT2D eigenvalue weighted by Crippen LogP contribution is -2.36. The van der Waals surface area contributed by atoms with Gasteiger partial charge in [0.05, 0.1) is 0 Å². The van der Waals surface area contributed by atoms with Crippen molar-refractivity contribution in [2.75, 3.05) is 0 Å². The second kappa shape index (κ2) is 4.70. The van der Waals surface area contributed by atoms with Crippen LogP contribution in [0.2, 0.25) is 0 Å². The molecule has 2 unspecified atom stereocenters. The van der Waals surface area contributed by atoms with E-state index in [1.54, 1.807) is 0 Å². The second-order valence-corrected chi connectivity index (χ2v) is 5.20. The molecule has 1 saturated carbocycles. The summed E-state index contributed by atoms with van der Waals surface area (Å²) in [6.45, 7) is 10.2. The number of rotatable bonds is 3. The summed E-state index contributed by atoms with van der Waals surface area (Å²) in [5.74, 6) is 1.10. The van der Waals surface area contributed by atoms with E-state index in [0.717, 1.165) is 6.42 Å². The molecule has 0 saturated heterocycles. The molecule has 1 rings (SSSR count). The molecule has 1 aliphatic rings. The van der Waals surface area contributed by atoms with Crippen LogP contribution in [0.15, 0.2) is 12.2 Å². The van der Waals surface area contributed by atoms with E-state index in [2.05, 4.69) is 13.5 Å². The maximum Gasteiger partial charge on any atom is 0.286 e. The maximum atomic E-state index is 8.62. The molecule has 0 aromatic rings. The van der Waals surface area contributed by atoms with E-state index in [0.29, 0.717) is 11.8 Å². The Hall–Kier alpha value is -0.970. The average Bonchev–Trinajstić information content (AvgIpc) is 2.18. The standard InChI is InChI=1S/C13H21NO/c1-10(2)11-6-5-7-12(8-11)13(3,4)15-9-14/h11-12H,1,5-8H2,2-4H3. The number of hydrogen-bond acceptors (Lipinski definition) is 2. The third-order valence-electron chi connectivity index (χ3n) is 3.66. The lowest BCUT2D eigenvalue weighted by Gasteiger charge is -2.38. The van der Waals surface area contributed by atoms with Crippen LogP contribution in [0.3, 0.4) is 0 Å². The van der Waals surface area contributed by atoms with E-state index >= 15 is 0 Å². The molecule has 1 aliphatic carbocycles. The van der Waals surface area contributed by atoms with Gasteiger partial charge < -0.3 is 4.74 Å². The van der Waals surface area contributed by atoms with Crippen LogP contribution in [-0.4, -0.2) is 5.60 Å². The van der Waals surface area contributed by atoms with Crippen molar-refractivity contribution >= 4 is 0 Å². The largest absolute Gasteiger partial charge is 0.421 e. The summed E-state index contributed by atoms with van der Waals surface area (Å²) in [5.41, 5.74) is 0.954. The molecule has 1 fully saturated rings. The Morgan fingerprint density at radius 2 is 2.13 bits per heavy atom. The number of hydrogen-bond donors (Lipinski definition) is 0. The van der Waals surface area contributed by atoms with Gasteiger partial charge in [-0.2, -0.15) is 5.26 Å². The Labute approximate surface area is 92.9 Å². The summed E-state index contributed by atoms with van der Waals surface area (Å²) in [4.78, 5) is 0. The Morgan fingerprint density at radius 3 is 2.67 bits per heavy atom. The van der Waals surface area contributed by atoms with Gasteiger partial charge in [0.15, 0.2) is 0 Å². The molecule has 0 aromatic carbocycles. The summed E-state index contributed by atoms with van der Waals surface area (Å²) in [6, 6.07) is 0. The van der Waals surface area contributed by atoms with Crippen molar-refractivity contribution in [3.8, 4) is 6.26 Å². The van der Waals surface area contributed by atoms with Gasteiger partial charge >= 0.3 is 0 Å². The summed E-state index contributed by atoms with van der Waals surface area (Å²) in [7, 11) is 0. The molecule has 2 nitrogen and oxygen atoms in total. The zero-order valence-corrected chi connectivity index (χ0v) is 10.0. The van der Waals surface area contributed by atoms with Gasteiger partial charge in [-0.3, -0.25) is 0 Å². The first kappa shape index (κ1) is 12.1. The molecule has 2 atom stereocenters. The van der Waals surface area contributed by atoms with Gasteiger partial charge in [0.1, 0.15) is 5.60 Å². The third kappa shape index (κ3) is 2.99. The number of nitrogens with zero attached hydrogens (tertiary/aromatic N) is 1. The van der Waals surface area contributed by atoms with Crippen molar-refractivity contribution in [3.05, 3.63) is 12.2 Å². The Balaban J connectivity index is 2.64. The second-order valence-electron chi connectivity index (χ2n) is 5.20. The zero-order valence-electron chi connectivity index (χ0n) is 10.0. The van der Waals surface area contributed by atoms with Crippen LogP contribution in [0, 0.1) is 23.4 Å². The molecule has 0 radical (unpaired) electrons. The topological polar surface area (TPSA) is 33.0 Å². The molecule has 0 bridgehead atoms. The normalized spacial score (nSPS) is 26.8. The first-order chi connectivity index (χ1) is 6.97. The molecule has 0 aliphatic heterocycles. The van der Waals surface area contributed by atoms with Crippen LogP contribution in [0.25, 0.3) is 0 Å². The Kier molecular flexibility index (Phi) is 3.79. The molecule has 0 aromatic heterocycles. The zero-order chi connectivity index (χ0) is 11.5. The van der Waals surface area contributed by atoms with Crippen molar-refractivity contribution in [1.82, 2.24) is 0 Å². The van der Waals surface area contributed by atoms with E-state index in [1.807, 2.05) is 20.1 Å². The fraction of sp³-hybridized carbons (Fsp3) is 0.769. The van der Waals surface area contributed by atoms with Crippen molar-refractivity contribution < 1.29 is 4.74 Å². The van der Waals surface area contributed by atoms with E-state index in [4.69, 9.17) is 10.00 Å². The highest BCUT2D eigenvalue weighted by molar-refractivity contribution is 5.00. The smallest absolute Gasteiger partial charge is 0.286 e. The van der Waals surface area contributed by atoms with E-state index in [-0.39, 0.29) is 5.60 Å². The fourth-order valence-corrected chi connectivity index (χ4v) is 2.47. The molecule has 0 N–H and O–H groups in total. The van der Waals surface area contributed by atoms with Gasteiger partial charge in [-0.05, 0) is 51.9 Å². The monoisotopic (exact) mass is 207 g/mol. The molecular weight excluding hydrogens is 186 g/mol. The first-order valence-corrected chi connectivity index (χ1v) is 5.70. The van der Waals surface area contributed by atoms with E-state index < -0.39 is 0 Å². The Bertz CT molecular complexity index is 275. The quantitative estimate of drug-likeness (QED) is 0.523. The van der Waals surface area contributed by atoms with Crippen molar-refractivity contribution in [2.24, 2.45) is 11.8 Å². The minimum absolute atomic E-state index is 0.317. The van der Waals surface area contributed by atoms with Crippen LogP contribution in [0.5, 0.6) is 0 Å². The lowest BCUT2D eigenvalue weighted by atomic mass is 9.72. The maximum absolute atomic E-state index is 8.62. The van der Waals surface area contributed by atoms with Crippen LogP contribution in [-0.2, 0) is 4.74 Å². The van der Waals surface area contributed by atoms with Gasteiger partial charge in [0.2, 0.25) is 0 Å². The van der Waals surface area contributed by atoms with Crippen molar-refractivity contribution in [2.45, 2.75) is 52.1 Å². The summed E-state index contributed by atoms with van der Waals surface area (Å²) in [5, 5.41) is 8.62. The molecule has 2 heteroatoms. The number of allylic oxidation sites excluding steroid dienone is 1. The SMILES string of the molecule is C=C(C)C1CCCC(C(C)(C)OC#N)C1. The molecule has 0 amide bonds. The van der Waals surface area contributed by atoms with Gasteiger partial charge in [0.25, 0.3) is 6.26 Å². The van der Waals surface area contributed by atoms with Crippen LogP contribution in [0.1, 0.15) is 46.5 Å². The Morgan fingerprint density at radius 1 is 1.47 bits per heavy atom. The first-order valence-electron chi connectivity index (χ1n) is 5.70. The van der Waals surface area contributed by atoms with Gasteiger partial charge in [-0.25, -0.2) is 0 Å². The van der Waals surface area contributed by atoms with Crippen LogP contribution >= 0.6 is 0 Å². The summed E-state index contributed by atoms with van der Waals surface area (Å²) >= 11 is 0. The molecule has 84 valence electrons. The number of ether oxygens (including phenoxy) is 1. The highest BCUT2D eigenvalue weighted by atomic mass is 16.5. The molecule has 0 heterocycles. The van der Waals surface area contributed by atoms with Gasteiger partial charge in [-0.1, -0.05) is 18.6 Å². The molecule has 15 heavy (non-hydrogen) atoms. The van der Waals surface area contributed by atoms with Gasteiger partial charge in [-0.15, -0.1) is 0 Å². The van der Waals surface area contributed by atoms with E-state index in [1.165, 1.54) is 24.8 Å². The highest BCUT2D eigenvalue weighted by Gasteiger charge is 2.35. The van der Waals surface area contributed by atoms with E-state index in [9.17, 15) is 0 Å². The third-order valence-corrected chi connectivity index (χ3v) is 3.66. The minimum Gasteiger partial charge on any atom is -0.421 e. The molecule has 0 spiro atoms. The predicted molar refractivity (Wildman–Crippen MR) is 61.0 cm³/mol. The van der Waals surface area contributed by atoms with Crippen molar-refractivity contribution in [1.29, 1.82) is 5.26 Å². The average molecular weight is 207 g/mol. The number of nitriles is 1. The highest BCUT2D eigenvalue weighted by Crippen LogP contribution is 2.39. The van der Waals surface area contributed by atoms with Crippen molar-refractivity contribution in [3.63, 3.8) is 0 Å². The van der Waals surface area contributed by atoms with Gasteiger partial charge in [0, 0.05) is 0 Å². The minimum atomic E-state index is -0.317. The fourth-order valence-electron chi connectivity index (χ4n) is 2.47. The predicted octanol–water partition coefficient (Wildman–Crippen LogP) is 3.65. The van der Waals surface area contributed by atoms with Crippen LogP contribution < -0.4 is 0 Å². The lowest BCUT2D eigenvalue weighted by molar-refractivity contribution is -0.00946. The summed E-state index contributed by atoms with van der Waals surface area (Å²) < 4.78 is 5.17. The summed E-state index contributed by atoms with van der Waals surface area (Å²) in [6.07, 6.45) is 6.57.